The van der Waals surface area contributed by atoms with Gasteiger partial charge in [0, 0.05) is 25.1 Å². The number of benzene rings is 1. The Labute approximate surface area is 188 Å². The molecule has 7 heteroatoms. The van der Waals surface area contributed by atoms with E-state index in [1.54, 1.807) is 24.3 Å². The molecule has 0 radical (unpaired) electrons. The third kappa shape index (κ3) is 6.80. The monoisotopic (exact) mass is 441 g/mol. The van der Waals surface area contributed by atoms with Crippen LogP contribution in [0.1, 0.15) is 54.9 Å². The van der Waals surface area contributed by atoms with E-state index in [9.17, 15) is 19.8 Å². The number of aromatic hydroxyl groups is 1. The summed E-state index contributed by atoms with van der Waals surface area (Å²) in [6.45, 7) is 2.01. The fraction of sp³-hybridized carbons (Fsp3) is 0.440. The summed E-state index contributed by atoms with van der Waals surface area (Å²) in [5.41, 5.74) is 0.780. The van der Waals surface area contributed by atoms with E-state index in [0.717, 1.165) is 6.42 Å². The molecule has 0 aromatic heterocycles. The fourth-order valence-corrected chi connectivity index (χ4v) is 4.07. The van der Waals surface area contributed by atoms with Crippen LogP contribution in [0, 0.1) is 0 Å². The van der Waals surface area contributed by atoms with Crippen molar-refractivity contribution in [2.75, 3.05) is 0 Å². The summed E-state index contributed by atoms with van der Waals surface area (Å²) in [7, 11) is 0. The van der Waals surface area contributed by atoms with Gasteiger partial charge >= 0.3 is 5.97 Å². The Balaban J connectivity index is 1.70. The minimum atomic E-state index is -0.577. The normalized spacial score (nSPS) is 26.2. The van der Waals surface area contributed by atoms with Gasteiger partial charge in [0.15, 0.2) is 0 Å². The Morgan fingerprint density at radius 3 is 2.81 bits per heavy atom. The third-order valence-electron chi connectivity index (χ3n) is 5.51. The zero-order chi connectivity index (χ0) is 22.9. The highest BCUT2D eigenvalue weighted by Gasteiger charge is 2.34. The Hall–Kier alpha value is -2.90. The molecule has 0 aliphatic carbocycles. The van der Waals surface area contributed by atoms with Crippen molar-refractivity contribution in [1.29, 1.82) is 0 Å². The van der Waals surface area contributed by atoms with Crippen LogP contribution >= 0.6 is 0 Å². The summed E-state index contributed by atoms with van der Waals surface area (Å²) in [6, 6.07) is 4.91. The van der Waals surface area contributed by atoms with Crippen molar-refractivity contribution in [3.63, 3.8) is 0 Å². The van der Waals surface area contributed by atoms with Crippen LogP contribution in [0.15, 0.2) is 54.8 Å². The third-order valence-corrected chi connectivity index (χ3v) is 5.51. The van der Waals surface area contributed by atoms with Crippen LogP contribution in [0.4, 0.5) is 0 Å². The van der Waals surface area contributed by atoms with Crippen LogP contribution in [0.2, 0.25) is 0 Å². The first kappa shape index (κ1) is 23.8. The van der Waals surface area contributed by atoms with E-state index in [0.29, 0.717) is 37.7 Å². The number of phenols is 1. The lowest BCUT2D eigenvalue weighted by Crippen LogP contribution is -2.40. The summed E-state index contributed by atoms with van der Waals surface area (Å²) >= 11 is 0. The maximum atomic E-state index is 12.9. The predicted molar refractivity (Wildman–Crippen MR) is 120 cm³/mol. The van der Waals surface area contributed by atoms with Gasteiger partial charge in [-0.05, 0) is 37.3 Å². The number of rotatable bonds is 6. The molecular formula is C25H31NO6. The molecule has 2 bridgehead atoms. The predicted octanol–water partition coefficient (Wildman–Crippen LogP) is 3.31. The Kier molecular flexibility index (Phi) is 8.64. The number of amides is 1. The maximum absolute atomic E-state index is 12.9. The summed E-state index contributed by atoms with van der Waals surface area (Å²) in [5.74, 6) is -0.969. The van der Waals surface area contributed by atoms with Crippen molar-refractivity contribution in [2.24, 2.45) is 0 Å². The molecule has 2 aliphatic rings. The van der Waals surface area contributed by atoms with Gasteiger partial charge in [0.25, 0.3) is 0 Å². The first-order chi connectivity index (χ1) is 15.5. The number of nitrogens with one attached hydrogen (secondary N) is 1. The molecule has 1 amide bonds. The second kappa shape index (κ2) is 11.6. The van der Waals surface area contributed by atoms with Gasteiger partial charge in [-0.3, -0.25) is 4.79 Å². The second-order valence-corrected chi connectivity index (χ2v) is 8.13. The van der Waals surface area contributed by atoms with Crippen LogP contribution in [0.25, 0.3) is 0 Å². The van der Waals surface area contributed by atoms with Crippen molar-refractivity contribution in [3.05, 3.63) is 65.9 Å². The number of carbonyl (C=O) groups is 2. The first-order valence-electron chi connectivity index (χ1n) is 11.1. The molecule has 3 N–H and O–H groups in total. The van der Waals surface area contributed by atoms with Crippen molar-refractivity contribution >= 4 is 11.9 Å². The number of phenolic OH excluding ortho intramolecular Hbond substituents is 1. The average molecular weight is 442 g/mol. The van der Waals surface area contributed by atoms with Gasteiger partial charge in [0.2, 0.25) is 5.91 Å². The standard InChI is InChI=1S/C25H31NO6/c1-2-3-4-5-11-23(29)26-12-7-9-19-16-21-15-18(27)14-20(31-21)13-17-8-6-10-22(28)24(17)25(30)32-19/h3-8,10-12,18-21,27-28H,2,9,13-16H2,1H3,(H,26,29)/t18-,19+,20+,21-/m1/s1. The second-order valence-electron chi connectivity index (χ2n) is 8.13. The average Bonchev–Trinajstić information content (AvgIpc) is 2.73. The number of aliphatic hydroxyl groups excluding tert-OH is 1. The van der Waals surface area contributed by atoms with Crippen LogP contribution in [0.3, 0.4) is 0 Å². The lowest BCUT2D eigenvalue weighted by atomic mass is 9.91. The number of carbonyl (C=O) groups excluding carboxylic acids is 2. The van der Waals surface area contributed by atoms with Gasteiger partial charge in [-0.2, -0.15) is 0 Å². The smallest absolute Gasteiger partial charge is 0.342 e. The van der Waals surface area contributed by atoms with Gasteiger partial charge in [-0.1, -0.05) is 43.4 Å². The van der Waals surface area contributed by atoms with Crippen LogP contribution in [0.5, 0.6) is 5.75 Å². The first-order valence-corrected chi connectivity index (χ1v) is 11.1. The molecule has 32 heavy (non-hydrogen) atoms. The van der Waals surface area contributed by atoms with Gasteiger partial charge < -0.3 is 25.0 Å². The lowest BCUT2D eigenvalue weighted by molar-refractivity contribution is -0.115. The van der Waals surface area contributed by atoms with Crippen LogP contribution < -0.4 is 5.32 Å². The van der Waals surface area contributed by atoms with Crippen molar-refractivity contribution in [3.8, 4) is 5.75 Å². The molecule has 1 aromatic carbocycles. The highest BCUT2D eigenvalue weighted by atomic mass is 16.5. The Bertz CT molecular complexity index is 890. The Morgan fingerprint density at radius 2 is 2.00 bits per heavy atom. The molecular weight excluding hydrogens is 410 g/mol. The van der Waals surface area contributed by atoms with Gasteiger partial charge in [-0.25, -0.2) is 4.79 Å². The zero-order valence-electron chi connectivity index (χ0n) is 18.3. The molecule has 1 fully saturated rings. The SMILES string of the molecule is CCC=CC=CC(=O)NC=CC[C@H]1C[C@H]2C[C@H](O)C[C@H](Cc3cccc(O)c3C(=O)O1)O2. The molecule has 2 aliphatic heterocycles. The van der Waals surface area contributed by atoms with E-state index in [-0.39, 0.29) is 29.4 Å². The number of hydrogen-bond acceptors (Lipinski definition) is 6. The van der Waals surface area contributed by atoms with Gasteiger partial charge in [0.05, 0.1) is 18.3 Å². The van der Waals surface area contributed by atoms with E-state index in [2.05, 4.69) is 5.32 Å². The molecule has 4 atom stereocenters. The number of fused-ring (bicyclic) bond motifs is 3. The van der Waals surface area contributed by atoms with Crippen molar-refractivity contribution < 1.29 is 29.3 Å². The summed E-state index contributed by atoms with van der Waals surface area (Å²) in [4.78, 5) is 24.7. The van der Waals surface area contributed by atoms with E-state index < -0.39 is 18.2 Å². The number of ether oxygens (including phenoxy) is 2. The van der Waals surface area contributed by atoms with E-state index in [1.807, 2.05) is 19.1 Å². The number of cyclic esters (lactones) is 1. The topological polar surface area (TPSA) is 105 Å². The maximum Gasteiger partial charge on any atom is 0.342 e. The van der Waals surface area contributed by atoms with Crippen LogP contribution in [-0.2, 0) is 20.7 Å². The van der Waals surface area contributed by atoms with Gasteiger partial charge in [0.1, 0.15) is 17.4 Å². The highest BCUT2D eigenvalue weighted by Crippen LogP contribution is 2.32. The van der Waals surface area contributed by atoms with E-state index in [4.69, 9.17) is 9.47 Å². The lowest BCUT2D eigenvalue weighted by Gasteiger charge is -2.36. The molecule has 0 spiro atoms. The summed E-state index contributed by atoms with van der Waals surface area (Å²) < 4.78 is 11.9. The molecule has 0 unspecified atom stereocenters. The van der Waals surface area contributed by atoms with Crippen LogP contribution in [-0.4, -0.2) is 46.5 Å². The van der Waals surface area contributed by atoms with Gasteiger partial charge in [-0.15, -0.1) is 0 Å². The molecule has 2 heterocycles. The number of esters is 1. The van der Waals surface area contributed by atoms with E-state index in [1.165, 1.54) is 18.3 Å². The van der Waals surface area contributed by atoms with E-state index >= 15 is 0 Å². The number of hydrogen-bond donors (Lipinski definition) is 3. The summed E-state index contributed by atoms with van der Waals surface area (Å²) in [5, 5.41) is 23.2. The fourth-order valence-electron chi connectivity index (χ4n) is 4.07. The largest absolute Gasteiger partial charge is 0.507 e. The minimum absolute atomic E-state index is 0.133. The molecule has 1 aromatic rings. The highest BCUT2D eigenvalue weighted by molar-refractivity contribution is 5.94. The minimum Gasteiger partial charge on any atom is -0.507 e. The summed E-state index contributed by atoms with van der Waals surface area (Å²) in [6.07, 6.45) is 11.7. The van der Waals surface area contributed by atoms with Crippen molar-refractivity contribution in [2.45, 2.75) is 69.9 Å². The molecule has 7 nitrogen and oxygen atoms in total. The Morgan fingerprint density at radius 1 is 1.19 bits per heavy atom. The quantitative estimate of drug-likeness (QED) is 0.355. The molecule has 172 valence electrons. The van der Waals surface area contributed by atoms with Crippen molar-refractivity contribution in [1.82, 2.24) is 5.32 Å². The number of allylic oxidation sites excluding steroid dienone is 3. The molecule has 3 rings (SSSR count). The molecule has 0 saturated carbocycles. The molecule has 1 saturated heterocycles. The number of aliphatic hydroxyl groups is 1. The zero-order valence-corrected chi connectivity index (χ0v) is 18.3.